The number of aliphatic hydroxyl groups excluding tert-OH is 2. The molecule has 0 saturated heterocycles. The van der Waals surface area contributed by atoms with Crippen molar-refractivity contribution >= 4 is 44.8 Å². The van der Waals surface area contributed by atoms with E-state index in [-0.39, 0.29) is 23.4 Å². The molecule has 1 aliphatic rings. The molecule has 0 spiro atoms. The predicted molar refractivity (Wildman–Crippen MR) is 115 cm³/mol. The van der Waals surface area contributed by atoms with Crippen molar-refractivity contribution < 1.29 is 24.9 Å². The fourth-order valence-corrected chi connectivity index (χ4v) is 4.21. The van der Waals surface area contributed by atoms with E-state index in [1.54, 1.807) is 29.1 Å². The number of para-hydroxylation sites is 1. The highest BCUT2D eigenvalue weighted by atomic mass is 16.3. The van der Waals surface area contributed by atoms with Gasteiger partial charge in [0.15, 0.2) is 0 Å². The Hall–Kier alpha value is -3.88. The van der Waals surface area contributed by atoms with Crippen molar-refractivity contribution in [2.45, 2.75) is 12.6 Å². The molecule has 1 atom stereocenters. The topological polar surface area (TPSA) is 128 Å². The van der Waals surface area contributed by atoms with Crippen molar-refractivity contribution in [3.05, 3.63) is 66.0 Å². The summed E-state index contributed by atoms with van der Waals surface area (Å²) in [5, 5.41) is 33.3. The van der Waals surface area contributed by atoms with E-state index in [2.05, 4.69) is 10.3 Å². The summed E-state index contributed by atoms with van der Waals surface area (Å²) in [6, 6.07) is 12.3. The quantitative estimate of drug-likeness (QED) is 0.316. The van der Waals surface area contributed by atoms with Crippen LogP contribution in [0.4, 0.5) is 0 Å². The lowest BCUT2D eigenvalue weighted by Gasteiger charge is -2.09. The highest BCUT2D eigenvalue weighted by Gasteiger charge is 2.35. The van der Waals surface area contributed by atoms with Gasteiger partial charge in [-0.05, 0) is 18.2 Å². The van der Waals surface area contributed by atoms with E-state index in [1.807, 2.05) is 24.3 Å². The van der Waals surface area contributed by atoms with Crippen LogP contribution in [0.2, 0.25) is 0 Å². The number of carbonyl (C=O) groups excluding carboxylic acids is 2. The number of nitrogens with one attached hydrogen (secondary N) is 2. The molecule has 0 aliphatic carbocycles. The summed E-state index contributed by atoms with van der Waals surface area (Å²) in [6.45, 7) is -0.377. The average Bonchev–Trinajstić information content (AvgIpc) is 3.42. The molecule has 2 amide bonds. The molecule has 8 heteroatoms. The average molecular weight is 417 g/mol. The normalized spacial score (nSPS) is 15.3. The molecule has 4 aromatic rings. The Morgan fingerprint density at radius 1 is 0.968 bits per heavy atom. The second-order valence-electron chi connectivity index (χ2n) is 7.48. The maximum atomic E-state index is 12.9. The lowest BCUT2D eigenvalue weighted by molar-refractivity contribution is -0.122. The smallest absolute Gasteiger partial charge is 0.259 e. The summed E-state index contributed by atoms with van der Waals surface area (Å²) >= 11 is 0. The van der Waals surface area contributed by atoms with Gasteiger partial charge in [-0.15, -0.1) is 0 Å². The van der Waals surface area contributed by atoms with E-state index in [4.69, 9.17) is 0 Å². The highest BCUT2D eigenvalue weighted by molar-refractivity contribution is 6.50. The number of aromatic hydroxyl groups is 1. The Morgan fingerprint density at radius 3 is 2.48 bits per heavy atom. The number of carbonyl (C=O) groups is 2. The Kier molecular flexibility index (Phi) is 4.39. The SMILES string of the molecule is O=C1NC(=O)C(c2cn(CC(O)CO)c3cccc(O)c23)=C1c1c[nH]c2ccccc12. The molecule has 5 rings (SSSR count). The number of amides is 2. The van der Waals surface area contributed by atoms with E-state index in [1.165, 1.54) is 6.07 Å². The fourth-order valence-electron chi connectivity index (χ4n) is 4.21. The molecular weight excluding hydrogens is 398 g/mol. The first-order chi connectivity index (χ1) is 15.0. The van der Waals surface area contributed by atoms with Gasteiger partial charge in [-0.2, -0.15) is 0 Å². The molecule has 156 valence electrons. The lowest BCUT2D eigenvalue weighted by Crippen LogP contribution is -2.22. The van der Waals surface area contributed by atoms with Crippen LogP contribution in [0.3, 0.4) is 0 Å². The van der Waals surface area contributed by atoms with Gasteiger partial charge in [0.05, 0.1) is 35.9 Å². The number of rotatable bonds is 5. The first-order valence-corrected chi connectivity index (χ1v) is 9.76. The molecular formula is C23H19N3O5. The number of hydrogen-bond donors (Lipinski definition) is 5. The third-order valence-corrected chi connectivity index (χ3v) is 5.56. The molecule has 2 aromatic heterocycles. The molecule has 0 fully saturated rings. The summed E-state index contributed by atoms with van der Waals surface area (Å²) in [7, 11) is 0. The standard InChI is InChI=1S/C23H19N3O5/c27-11-12(28)9-26-10-15(19-17(26)6-3-7-18(19)29)21-20(22(30)25-23(21)31)14-8-24-16-5-2-1-4-13(14)16/h1-8,10,12,24,27-29H,9,11H2,(H,25,30,31). The van der Waals surface area contributed by atoms with Gasteiger partial charge < -0.3 is 24.9 Å². The van der Waals surface area contributed by atoms with Gasteiger partial charge >= 0.3 is 0 Å². The molecule has 5 N–H and O–H groups in total. The number of fused-ring (bicyclic) bond motifs is 2. The van der Waals surface area contributed by atoms with Crippen LogP contribution in [0.1, 0.15) is 11.1 Å². The van der Waals surface area contributed by atoms with Crippen LogP contribution >= 0.6 is 0 Å². The molecule has 3 heterocycles. The first-order valence-electron chi connectivity index (χ1n) is 9.76. The van der Waals surface area contributed by atoms with Gasteiger partial charge in [-0.1, -0.05) is 24.3 Å². The third-order valence-electron chi connectivity index (χ3n) is 5.56. The highest BCUT2D eigenvalue weighted by Crippen LogP contribution is 2.40. The van der Waals surface area contributed by atoms with E-state index >= 15 is 0 Å². The molecule has 0 bridgehead atoms. The fraction of sp³-hybridized carbons (Fsp3) is 0.130. The molecule has 2 aromatic carbocycles. The second kappa shape index (κ2) is 7.12. The van der Waals surface area contributed by atoms with Crippen molar-refractivity contribution in [1.29, 1.82) is 0 Å². The van der Waals surface area contributed by atoms with Gasteiger partial charge in [0, 0.05) is 39.8 Å². The Balaban J connectivity index is 1.81. The van der Waals surface area contributed by atoms with Gasteiger partial charge in [0.25, 0.3) is 11.8 Å². The maximum absolute atomic E-state index is 12.9. The van der Waals surface area contributed by atoms with Crippen molar-refractivity contribution in [1.82, 2.24) is 14.9 Å². The monoisotopic (exact) mass is 417 g/mol. The second-order valence-corrected chi connectivity index (χ2v) is 7.48. The minimum atomic E-state index is -1.02. The van der Waals surface area contributed by atoms with Crippen LogP contribution in [0.15, 0.2) is 54.9 Å². The summed E-state index contributed by atoms with van der Waals surface area (Å²) in [4.78, 5) is 28.8. The number of imide groups is 1. The number of phenolic OH excluding ortho intramolecular Hbond substituents is 1. The van der Waals surface area contributed by atoms with Crippen LogP contribution in [0.25, 0.3) is 33.0 Å². The maximum Gasteiger partial charge on any atom is 0.259 e. The van der Waals surface area contributed by atoms with E-state index in [0.717, 1.165) is 10.9 Å². The summed E-state index contributed by atoms with van der Waals surface area (Å²) in [5.41, 5.74) is 2.72. The first kappa shape index (κ1) is 19.1. The molecule has 1 unspecified atom stereocenters. The zero-order valence-electron chi connectivity index (χ0n) is 16.3. The van der Waals surface area contributed by atoms with E-state index in [0.29, 0.717) is 22.0 Å². The number of aliphatic hydroxyl groups is 2. The predicted octanol–water partition coefficient (Wildman–Crippen LogP) is 1.75. The number of H-pyrrole nitrogens is 1. The molecule has 0 saturated carbocycles. The summed E-state index contributed by atoms with van der Waals surface area (Å²) in [6.07, 6.45) is 2.28. The van der Waals surface area contributed by atoms with Gasteiger partial charge in [0.2, 0.25) is 0 Å². The van der Waals surface area contributed by atoms with Crippen molar-refractivity contribution in [3.63, 3.8) is 0 Å². The van der Waals surface area contributed by atoms with Crippen molar-refractivity contribution in [3.8, 4) is 5.75 Å². The zero-order valence-corrected chi connectivity index (χ0v) is 16.3. The number of aromatic amines is 1. The van der Waals surface area contributed by atoms with Gasteiger partial charge in [-0.3, -0.25) is 14.9 Å². The van der Waals surface area contributed by atoms with Crippen LogP contribution in [0, 0.1) is 0 Å². The molecule has 1 aliphatic heterocycles. The summed E-state index contributed by atoms with van der Waals surface area (Å²) < 4.78 is 1.65. The largest absolute Gasteiger partial charge is 0.507 e. The van der Waals surface area contributed by atoms with Crippen LogP contribution in [0.5, 0.6) is 5.75 Å². The Labute approximate surface area is 176 Å². The number of nitrogens with zero attached hydrogens (tertiary/aromatic N) is 1. The van der Waals surface area contributed by atoms with Gasteiger partial charge in [-0.25, -0.2) is 0 Å². The zero-order chi connectivity index (χ0) is 21.7. The van der Waals surface area contributed by atoms with E-state index < -0.39 is 24.5 Å². The number of hydrogen-bond acceptors (Lipinski definition) is 5. The Bertz CT molecular complexity index is 1400. The number of benzene rings is 2. The van der Waals surface area contributed by atoms with Gasteiger partial charge in [0.1, 0.15) is 5.75 Å². The van der Waals surface area contributed by atoms with E-state index in [9.17, 15) is 24.9 Å². The Morgan fingerprint density at radius 2 is 1.71 bits per heavy atom. The molecule has 31 heavy (non-hydrogen) atoms. The number of aromatic nitrogens is 2. The number of phenols is 1. The third kappa shape index (κ3) is 2.92. The van der Waals surface area contributed by atoms with Crippen LogP contribution in [-0.2, 0) is 16.1 Å². The summed E-state index contributed by atoms with van der Waals surface area (Å²) in [5.74, 6) is -1.13. The van der Waals surface area contributed by atoms with Crippen LogP contribution in [-0.4, -0.2) is 49.4 Å². The van der Waals surface area contributed by atoms with Crippen LogP contribution < -0.4 is 5.32 Å². The minimum Gasteiger partial charge on any atom is -0.507 e. The molecule has 8 nitrogen and oxygen atoms in total. The molecule has 0 radical (unpaired) electrons. The van der Waals surface area contributed by atoms with Crippen molar-refractivity contribution in [2.75, 3.05) is 6.61 Å². The van der Waals surface area contributed by atoms with Crippen molar-refractivity contribution in [2.24, 2.45) is 0 Å². The minimum absolute atomic E-state index is 0.0531. The lowest BCUT2D eigenvalue weighted by atomic mass is 9.95.